The molecule has 1 rings (SSSR count). The van der Waals surface area contributed by atoms with Crippen molar-refractivity contribution in [2.75, 3.05) is 19.6 Å². The Morgan fingerprint density at radius 2 is 2.31 bits per heavy atom. The Morgan fingerprint density at radius 1 is 1.54 bits per heavy atom. The van der Waals surface area contributed by atoms with Crippen molar-refractivity contribution in [1.29, 1.82) is 0 Å². The minimum atomic E-state index is 0.679. The fourth-order valence-corrected chi connectivity index (χ4v) is 2.04. The molecule has 2 unspecified atom stereocenters. The Bertz CT molecular complexity index is 136. The van der Waals surface area contributed by atoms with E-state index in [-0.39, 0.29) is 0 Å². The molecular formula is C11H24N2. The monoisotopic (exact) mass is 184 g/mol. The third kappa shape index (κ3) is 3.65. The van der Waals surface area contributed by atoms with Gasteiger partial charge >= 0.3 is 0 Å². The zero-order valence-corrected chi connectivity index (χ0v) is 9.34. The average molecular weight is 184 g/mol. The number of hydrogen-bond donors (Lipinski definition) is 1. The lowest BCUT2D eigenvalue weighted by Crippen LogP contribution is -2.52. The van der Waals surface area contributed by atoms with Gasteiger partial charge in [-0.2, -0.15) is 0 Å². The van der Waals surface area contributed by atoms with Crippen LogP contribution in [0.4, 0.5) is 0 Å². The van der Waals surface area contributed by atoms with E-state index in [2.05, 4.69) is 31.0 Å². The van der Waals surface area contributed by atoms with Gasteiger partial charge in [-0.1, -0.05) is 19.8 Å². The van der Waals surface area contributed by atoms with E-state index in [9.17, 15) is 0 Å². The normalized spacial score (nSPS) is 27.5. The van der Waals surface area contributed by atoms with Gasteiger partial charge in [0.15, 0.2) is 0 Å². The fraction of sp³-hybridized carbons (Fsp3) is 1.00. The van der Waals surface area contributed by atoms with Crippen LogP contribution in [0, 0.1) is 0 Å². The predicted molar refractivity (Wildman–Crippen MR) is 58.0 cm³/mol. The van der Waals surface area contributed by atoms with Gasteiger partial charge in [-0.05, 0) is 20.3 Å². The minimum Gasteiger partial charge on any atom is -0.312 e. The first-order valence-electron chi connectivity index (χ1n) is 5.71. The molecule has 1 saturated heterocycles. The summed E-state index contributed by atoms with van der Waals surface area (Å²) in [5.74, 6) is 0. The molecule has 1 aliphatic rings. The van der Waals surface area contributed by atoms with E-state index < -0.39 is 0 Å². The Kier molecular flexibility index (Phi) is 4.74. The van der Waals surface area contributed by atoms with E-state index >= 15 is 0 Å². The number of nitrogens with zero attached hydrogens (tertiary/aromatic N) is 1. The first kappa shape index (κ1) is 11.0. The summed E-state index contributed by atoms with van der Waals surface area (Å²) in [4.78, 5) is 2.62. The molecule has 2 atom stereocenters. The SMILES string of the molecule is CCCCC(C)N1CCNC(C)C1. The molecule has 13 heavy (non-hydrogen) atoms. The van der Waals surface area contributed by atoms with Gasteiger partial charge in [0.1, 0.15) is 0 Å². The Morgan fingerprint density at radius 3 is 2.92 bits per heavy atom. The molecule has 0 amide bonds. The first-order valence-corrected chi connectivity index (χ1v) is 5.71. The first-order chi connectivity index (χ1) is 6.24. The molecule has 0 bridgehead atoms. The predicted octanol–water partition coefficient (Wildman–Crippen LogP) is 1.86. The third-order valence-corrected chi connectivity index (χ3v) is 3.00. The molecule has 0 aromatic heterocycles. The second kappa shape index (κ2) is 5.61. The zero-order valence-electron chi connectivity index (χ0n) is 9.34. The van der Waals surface area contributed by atoms with Crippen LogP contribution < -0.4 is 5.32 Å². The number of rotatable bonds is 4. The van der Waals surface area contributed by atoms with Crippen molar-refractivity contribution in [2.24, 2.45) is 0 Å². The van der Waals surface area contributed by atoms with Crippen LogP contribution >= 0.6 is 0 Å². The largest absolute Gasteiger partial charge is 0.312 e. The van der Waals surface area contributed by atoms with Crippen molar-refractivity contribution in [2.45, 2.75) is 52.1 Å². The highest BCUT2D eigenvalue weighted by atomic mass is 15.2. The lowest BCUT2D eigenvalue weighted by Gasteiger charge is -2.36. The summed E-state index contributed by atoms with van der Waals surface area (Å²) in [5.41, 5.74) is 0. The maximum absolute atomic E-state index is 3.48. The summed E-state index contributed by atoms with van der Waals surface area (Å²) < 4.78 is 0. The summed E-state index contributed by atoms with van der Waals surface area (Å²) in [6, 6.07) is 1.46. The van der Waals surface area contributed by atoms with Crippen LogP contribution in [0.15, 0.2) is 0 Å². The smallest absolute Gasteiger partial charge is 0.0167 e. The van der Waals surface area contributed by atoms with Crippen molar-refractivity contribution >= 4 is 0 Å². The van der Waals surface area contributed by atoms with Crippen LogP contribution in [0.3, 0.4) is 0 Å². The molecule has 0 spiro atoms. The highest BCUT2D eigenvalue weighted by Gasteiger charge is 2.19. The quantitative estimate of drug-likeness (QED) is 0.717. The van der Waals surface area contributed by atoms with Gasteiger partial charge in [-0.15, -0.1) is 0 Å². The van der Waals surface area contributed by atoms with E-state index in [0.717, 1.165) is 12.6 Å². The maximum atomic E-state index is 3.48. The highest BCUT2D eigenvalue weighted by molar-refractivity contribution is 4.78. The van der Waals surface area contributed by atoms with Gasteiger partial charge in [-0.25, -0.2) is 0 Å². The standard InChI is InChI=1S/C11H24N2/c1-4-5-6-11(3)13-8-7-12-10(2)9-13/h10-12H,4-9H2,1-3H3. The summed E-state index contributed by atoms with van der Waals surface area (Å²) in [5, 5.41) is 3.48. The Labute approximate surface area is 82.7 Å². The minimum absolute atomic E-state index is 0.679. The molecule has 1 N–H and O–H groups in total. The van der Waals surface area contributed by atoms with E-state index in [1.165, 1.54) is 32.4 Å². The van der Waals surface area contributed by atoms with E-state index in [1.54, 1.807) is 0 Å². The Hall–Kier alpha value is -0.0800. The summed E-state index contributed by atoms with van der Waals surface area (Å²) >= 11 is 0. The maximum Gasteiger partial charge on any atom is 0.0167 e. The fourth-order valence-electron chi connectivity index (χ4n) is 2.04. The summed E-state index contributed by atoms with van der Waals surface area (Å²) in [6.07, 6.45) is 4.06. The van der Waals surface area contributed by atoms with Crippen molar-refractivity contribution < 1.29 is 0 Å². The van der Waals surface area contributed by atoms with Gasteiger partial charge < -0.3 is 5.32 Å². The van der Waals surface area contributed by atoms with E-state index in [1.807, 2.05) is 0 Å². The van der Waals surface area contributed by atoms with Crippen LogP contribution in [-0.2, 0) is 0 Å². The number of nitrogens with one attached hydrogen (secondary N) is 1. The number of unbranched alkanes of at least 4 members (excludes halogenated alkanes) is 1. The van der Waals surface area contributed by atoms with Gasteiger partial charge in [-0.3, -0.25) is 4.90 Å². The molecule has 78 valence electrons. The highest BCUT2D eigenvalue weighted by Crippen LogP contribution is 2.10. The molecule has 1 fully saturated rings. The van der Waals surface area contributed by atoms with E-state index in [0.29, 0.717) is 6.04 Å². The van der Waals surface area contributed by atoms with Gasteiger partial charge in [0, 0.05) is 31.7 Å². The topological polar surface area (TPSA) is 15.3 Å². The lowest BCUT2D eigenvalue weighted by molar-refractivity contribution is 0.150. The van der Waals surface area contributed by atoms with Crippen molar-refractivity contribution in [3.8, 4) is 0 Å². The molecular weight excluding hydrogens is 160 g/mol. The molecule has 1 aliphatic heterocycles. The lowest BCUT2D eigenvalue weighted by atomic mass is 10.1. The summed E-state index contributed by atoms with van der Waals surface area (Å²) in [7, 11) is 0. The molecule has 0 aromatic carbocycles. The average Bonchev–Trinajstić information content (AvgIpc) is 2.14. The number of piperazine rings is 1. The van der Waals surface area contributed by atoms with Crippen molar-refractivity contribution in [3.05, 3.63) is 0 Å². The van der Waals surface area contributed by atoms with Crippen molar-refractivity contribution in [1.82, 2.24) is 10.2 Å². The van der Waals surface area contributed by atoms with Gasteiger partial charge in [0.25, 0.3) is 0 Å². The van der Waals surface area contributed by atoms with E-state index in [4.69, 9.17) is 0 Å². The molecule has 0 radical (unpaired) electrons. The van der Waals surface area contributed by atoms with Crippen LogP contribution in [0.25, 0.3) is 0 Å². The molecule has 2 heteroatoms. The second-order valence-corrected chi connectivity index (χ2v) is 4.34. The second-order valence-electron chi connectivity index (χ2n) is 4.34. The van der Waals surface area contributed by atoms with Gasteiger partial charge in [0.05, 0.1) is 0 Å². The summed E-state index contributed by atoms with van der Waals surface area (Å²) in [6.45, 7) is 10.5. The van der Waals surface area contributed by atoms with Crippen LogP contribution in [-0.4, -0.2) is 36.6 Å². The van der Waals surface area contributed by atoms with Crippen LogP contribution in [0.1, 0.15) is 40.0 Å². The molecule has 0 aliphatic carbocycles. The third-order valence-electron chi connectivity index (χ3n) is 3.00. The molecule has 1 heterocycles. The van der Waals surface area contributed by atoms with Crippen LogP contribution in [0.2, 0.25) is 0 Å². The van der Waals surface area contributed by atoms with Gasteiger partial charge in [0.2, 0.25) is 0 Å². The Balaban J connectivity index is 2.24. The van der Waals surface area contributed by atoms with Crippen LogP contribution in [0.5, 0.6) is 0 Å². The molecule has 0 aromatic rings. The zero-order chi connectivity index (χ0) is 9.68. The molecule has 2 nitrogen and oxygen atoms in total. The molecule has 0 saturated carbocycles. The number of hydrogen-bond acceptors (Lipinski definition) is 2. The van der Waals surface area contributed by atoms with Crippen molar-refractivity contribution in [3.63, 3.8) is 0 Å².